The van der Waals surface area contributed by atoms with E-state index in [2.05, 4.69) is 27.2 Å². The van der Waals surface area contributed by atoms with E-state index in [0.717, 1.165) is 53.6 Å². The maximum atomic E-state index is 12.8. The number of allylic oxidation sites excluding steroid dienone is 1. The highest BCUT2D eigenvalue weighted by molar-refractivity contribution is 7.14. The highest BCUT2D eigenvalue weighted by Crippen LogP contribution is 2.54. The van der Waals surface area contributed by atoms with Crippen LogP contribution in [-0.2, 0) is 4.74 Å². The van der Waals surface area contributed by atoms with E-state index in [1.54, 1.807) is 36.9 Å². The fraction of sp³-hybridized carbons (Fsp3) is 0.394. The van der Waals surface area contributed by atoms with E-state index in [1.807, 2.05) is 38.3 Å². The van der Waals surface area contributed by atoms with Crippen molar-refractivity contribution in [1.82, 2.24) is 15.1 Å². The molecule has 3 aromatic heterocycles. The zero-order valence-electron chi connectivity index (χ0n) is 24.8. The summed E-state index contributed by atoms with van der Waals surface area (Å²) >= 11 is 14.6. The van der Waals surface area contributed by atoms with Gasteiger partial charge < -0.3 is 18.9 Å². The van der Waals surface area contributed by atoms with Gasteiger partial charge in [-0.1, -0.05) is 40.5 Å². The molecule has 1 aliphatic heterocycles. The van der Waals surface area contributed by atoms with E-state index in [0.29, 0.717) is 56.3 Å². The molecule has 0 bridgehead atoms. The van der Waals surface area contributed by atoms with Gasteiger partial charge >= 0.3 is 5.97 Å². The molecule has 0 spiro atoms. The van der Waals surface area contributed by atoms with Crippen molar-refractivity contribution in [2.75, 3.05) is 25.1 Å². The molecule has 2 aliphatic carbocycles. The number of benzene rings is 1. The van der Waals surface area contributed by atoms with Crippen molar-refractivity contribution in [2.24, 2.45) is 17.8 Å². The predicted octanol–water partition coefficient (Wildman–Crippen LogP) is 8.40. The van der Waals surface area contributed by atoms with Crippen LogP contribution in [0.1, 0.15) is 61.2 Å². The van der Waals surface area contributed by atoms with Gasteiger partial charge in [0.1, 0.15) is 22.8 Å². The molecule has 7 rings (SSSR count). The molecule has 0 radical (unpaired) electrons. The molecule has 8 nitrogen and oxygen atoms in total. The molecular formula is C33H32Cl2N4O4S. The minimum atomic E-state index is -0.587. The Labute approximate surface area is 270 Å². The van der Waals surface area contributed by atoms with Gasteiger partial charge in [-0.15, -0.1) is 11.3 Å². The Balaban J connectivity index is 1.05. The summed E-state index contributed by atoms with van der Waals surface area (Å²) in [5.41, 5.74) is 3.80. The number of halogens is 2. The summed E-state index contributed by atoms with van der Waals surface area (Å²) < 4.78 is 16.9. The topological polar surface area (TPSA) is 90.6 Å². The van der Waals surface area contributed by atoms with E-state index in [1.165, 1.54) is 0 Å². The van der Waals surface area contributed by atoms with Crippen molar-refractivity contribution < 1.29 is 18.8 Å². The Morgan fingerprint density at radius 3 is 2.50 bits per heavy atom. The molecule has 2 atom stereocenters. The number of anilines is 1. The lowest BCUT2D eigenvalue weighted by molar-refractivity contribution is 0.00692. The minimum Gasteiger partial charge on any atom is -0.497 e. The predicted molar refractivity (Wildman–Crippen MR) is 173 cm³/mol. The van der Waals surface area contributed by atoms with Gasteiger partial charge in [0.15, 0.2) is 5.13 Å². The second-order valence-electron chi connectivity index (χ2n) is 12.7. The summed E-state index contributed by atoms with van der Waals surface area (Å²) in [6.07, 6.45) is 9.83. The first-order valence-corrected chi connectivity index (χ1v) is 16.3. The van der Waals surface area contributed by atoms with Gasteiger partial charge in [-0.3, -0.25) is 4.98 Å². The van der Waals surface area contributed by atoms with Gasteiger partial charge in [0, 0.05) is 53.5 Å². The molecule has 2 saturated carbocycles. The Kier molecular flexibility index (Phi) is 7.46. The zero-order valence-corrected chi connectivity index (χ0v) is 27.2. The van der Waals surface area contributed by atoms with Crippen LogP contribution in [0, 0.1) is 17.8 Å². The molecule has 2 unspecified atom stereocenters. The summed E-state index contributed by atoms with van der Waals surface area (Å²) in [7, 11) is 1.59. The number of piperidine rings is 1. The number of ether oxygens (including phenoxy) is 2. The molecule has 1 aromatic carbocycles. The molecule has 11 heteroatoms. The monoisotopic (exact) mass is 650 g/mol. The summed E-state index contributed by atoms with van der Waals surface area (Å²) in [6.45, 7) is 7.45. The Morgan fingerprint density at radius 1 is 1.11 bits per heavy atom. The van der Waals surface area contributed by atoms with Crippen LogP contribution in [0.5, 0.6) is 5.75 Å². The van der Waals surface area contributed by atoms with Crippen LogP contribution in [0.25, 0.3) is 28.6 Å². The Bertz CT molecular complexity index is 1740. The van der Waals surface area contributed by atoms with Gasteiger partial charge in [-0.05, 0) is 69.6 Å². The molecule has 0 amide bonds. The number of rotatable bonds is 8. The molecule has 228 valence electrons. The number of carbonyl (C=O) groups excluding carboxylic acids is 1. The summed E-state index contributed by atoms with van der Waals surface area (Å²) in [5, 5.41) is 8.32. The molecule has 0 N–H and O–H groups in total. The van der Waals surface area contributed by atoms with Crippen molar-refractivity contribution in [2.45, 2.75) is 45.1 Å². The van der Waals surface area contributed by atoms with Crippen molar-refractivity contribution in [3.8, 4) is 28.3 Å². The molecule has 3 fully saturated rings. The second kappa shape index (κ2) is 11.2. The number of hydrogen-bond donors (Lipinski definition) is 0. The third-order valence-corrected chi connectivity index (χ3v) is 9.85. The van der Waals surface area contributed by atoms with Crippen LogP contribution in [0.2, 0.25) is 10.0 Å². The van der Waals surface area contributed by atoms with E-state index < -0.39 is 5.60 Å². The van der Waals surface area contributed by atoms with Crippen molar-refractivity contribution in [3.05, 3.63) is 69.0 Å². The molecule has 4 aromatic rings. The first kappa shape index (κ1) is 29.3. The number of hydrogen-bond acceptors (Lipinski definition) is 9. The van der Waals surface area contributed by atoms with Gasteiger partial charge in [-0.2, -0.15) is 0 Å². The maximum absolute atomic E-state index is 12.8. The van der Waals surface area contributed by atoms with E-state index in [9.17, 15) is 4.79 Å². The van der Waals surface area contributed by atoms with Gasteiger partial charge in [0.2, 0.25) is 0 Å². The van der Waals surface area contributed by atoms with Gasteiger partial charge in [-0.25, -0.2) is 9.78 Å². The lowest BCUT2D eigenvalue weighted by atomic mass is 10.0. The fourth-order valence-electron chi connectivity index (χ4n) is 6.01. The molecule has 44 heavy (non-hydrogen) atoms. The fourth-order valence-corrected chi connectivity index (χ4v) is 7.41. The lowest BCUT2D eigenvalue weighted by Crippen LogP contribution is -2.24. The SMILES string of the molecule is COc1cc(C(=O)OC(C)(C)C)cc(-c2csc(N3CC4C(C=Cc5c(-c6c(Cl)cncc6Cl)noc5C5CC5)C4C3)n2)c1. The molecule has 1 saturated heterocycles. The number of methoxy groups -OCH3 is 1. The highest BCUT2D eigenvalue weighted by atomic mass is 35.5. The van der Waals surface area contributed by atoms with E-state index in [4.69, 9.17) is 42.2 Å². The van der Waals surface area contributed by atoms with Crippen LogP contribution < -0.4 is 9.64 Å². The summed E-state index contributed by atoms with van der Waals surface area (Å²) in [4.78, 5) is 24.2. The molecular weight excluding hydrogens is 619 g/mol. The lowest BCUT2D eigenvalue weighted by Gasteiger charge is -2.20. The number of aromatic nitrogens is 3. The normalized spacial score (nSPS) is 21.1. The first-order chi connectivity index (χ1) is 21.1. The Morgan fingerprint density at radius 2 is 1.84 bits per heavy atom. The van der Waals surface area contributed by atoms with Crippen molar-refractivity contribution >= 4 is 51.7 Å². The summed E-state index contributed by atoms with van der Waals surface area (Å²) in [6, 6.07) is 5.41. The van der Waals surface area contributed by atoms with Crippen molar-refractivity contribution in [3.63, 3.8) is 0 Å². The van der Waals surface area contributed by atoms with Crippen LogP contribution in [0.15, 0.2) is 46.6 Å². The maximum Gasteiger partial charge on any atom is 0.338 e. The highest BCUT2D eigenvalue weighted by Gasteiger charge is 2.54. The number of fused-ring (bicyclic) bond motifs is 1. The van der Waals surface area contributed by atoms with E-state index >= 15 is 0 Å². The smallest absolute Gasteiger partial charge is 0.338 e. The van der Waals surface area contributed by atoms with E-state index in [-0.39, 0.29) is 5.97 Å². The number of esters is 1. The number of thiazole rings is 1. The standard InChI is InChI=1S/C33H32Cl2N4O4S/c1-33(2,3)42-31(40)19-9-18(10-20(11-19)41-4)27-16-44-32(37-27)39-14-23-21(24(23)15-39)7-8-22-29(38-43-30(22)17-5-6-17)28-25(34)12-36-13-26(28)35/h7-13,16-17,21,23-24H,5-6,14-15H2,1-4H3. The van der Waals surface area contributed by atoms with Crippen LogP contribution >= 0.6 is 34.5 Å². The zero-order chi connectivity index (χ0) is 30.7. The number of pyridine rings is 1. The van der Waals surface area contributed by atoms with Gasteiger partial charge in [0.25, 0.3) is 0 Å². The quantitative estimate of drug-likeness (QED) is 0.176. The third kappa shape index (κ3) is 5.73. The number of nitrogens with zero attached hydrogens (tertiary/aromatic N) is 4. The van der Waals surface area contributed by atoms with Crippen LogP contribution in [0.3, 0.4) is 0 Å². The second-order valence-corrected chi connectivity index (χ2v) is 14.3. The Hall–Kier alpha value is -3.40. The van der Waals surface area contributed by atoms with Gasteiger partial charge in [0.05, 0.1) is 28.4 Å². The third-order valence-electron chi connectivity index (χ3n) is 8.37. The van der Waals surface area contributed by atoms with Crippen LogP contribution in [-0.4, -0.2) is 46.9 Å². The summed E-state index contributed by atoms with van der Waals surface area (Å²) in [5.74, 6) is 3.12. The van der Waals surface area contributed by atoms with Crippen molar-refractivity contribution in [1.29, 1.82) is 0 Å². The minimum absolute atomic E-state index is 0.388. The molecule has 4 heterocycles. The average Bonchev–Trinajstić information content (AvgIpc) is 3.71. The largest absolute Gasteiger partial charge is 0.497 e. The average molecular weight is 652 g/mol. The first-order valence-electron chi connectivity index (χ1n) is 14.7. The van der Waals surface area contributed by atoms with Crippen LogP contribution in [0.4, 0.5) is 5.13 Å². The number of carbonyl (C=O) groups is 1. The molecule has 3 aliphatic rings.